The summed E-state index contributed by atoms with van der Waals surface area (Å²) in [5.41, 5.74) is -0.372. The zero-order valence-electron chi connectivity index (χ0n) is 7.05. The highest BCUT2D eigenvalue weighted by Gasteiger charge is 2.33. The Bertz CT molecular complexity index is 85.5. The van der Waals surface area contributed by atoms with Gasteiger partial charge in [-0.2, -0.15) is 12.1 Å². The first-order valence-corrected chi connectivity index (χ1v) is 7.21. The fourth-order valence-corrected chi connectivity index (χ4v) is 3.46. The molecule has 0 spiro atoms. The molecule has 0 N–H and O–H groups in total. The van der Waals surface area contributed by atoms with Gasteiger partial charge in [0.25, 0.3) is 0 Å². The van der Waals surface area contributed by atoms with Gasteiger partial charge in [0, 0.05) is 14.2 Å². The number of hydrogen-bond acceptors (Lipinski definition) is 3. The van der Waals surface area contributed by atoms with Gasteiger partial charge in [-0.25, -0.2) is 0 Å². The summed E-state index contributed by atoms with van der Waals surface area (Å²) in [7, 11) is 2.18. The van der Waals surface area contributed by atoms with Crippen molar-refractivity contribution >= 4 is 20.0 Å². The molecule has 0 saturated heterocycles. The van der Waals surface area contributed by atoms with E-state index in [4.69, 9.17) is 9.47 Å². The minimum atomic E-state index is -1.17. The summed E-state index contributed by atoms with van der Waals surface area (Å²) in [6, 6.07) is 0. The van der Waals surface area contributed by atoms with Crippen LogP contribution in [0, 0.1) is 0 Å². The molecule has 2 nitrogen and oxygen atoms in total. The lowest BCUT2D eigenvalue weighted by molar-refractivity contribution is -0.146. The van der Waals surface area contributed by atoms with Gasteiger partial charge in [0.1, 0.15) is 0 Å². The van der Waals surface area contributed by atoms with E-state index in [-0.39, 0.29) is 5.41 Å². The predicted octanol–water partition coefficient (Wildman–Crippen LogP) is 1.21. The molecule has 0 aliphatic rings. The Kier molecular flexibility index (Phi) is 4.60. The second-order valence-electron chi connectivity index (χ2n) is 2.25. The van der Waals surface area contributed by atoms with E-state index in [0.29, 0.717) is 0 Å². The lowest BCUT2D eigenvalue weighted by Crippen LogP contribution is -2.44. The minimum absolute atomic E-state index is 0.372. The van der Waals surface area contributed by atoms with Gasteiger partial charge < -0.3 is 9.47 Å². The minimum Gasteiger partial charge on any atom is -0.356 e. The van der Waals surface area contributed by atoms with Crippen molar-refractivity contribution in [2.24, 2.45) is 0 Å². The summed E-state index contributed by atoms with van der Waals surface area (Å²) in [5, 5.41) is 0. The molecular formula is C6H16O2SSi. The molecule has 1 atom stereocenters. The molecule has 0 bridgehead atoms. The molecule has 1 unspecified atom stereocenters. The van der Waals surface area contributed by atoms with Crippen LogP contribution in [0.2, 0.25) is 6.55 Å². The van der Waals surface area contributed by atoms with Crippen LogP contribution in [0.4, 0.5) is 0 Å². The third-order valence-electron chi connectivity index (χ3n) is 1.82. The molecule has 0 aliphatic carbocycles. The molecule has 10 heavy (non-hydrogen) atoms. The largest absolute Gasteiger partial charge is 0.356 e. The quantitative estimate of drug-likeness (QED) is 0.398. The van der Waals surface area contributed by atoms with Crippen LogP contribution >= 0.6 is 12.1 Å². The van der Waals surface area contributed by atoms with E-state index in [9.17, 15) is 0 Å². The Morgan fingerprint density at radius 3 is 1.80 bits per heavy atom. The maximum Gasteiger partial charge on any atom is 0.163 e. The molecule has 0 aromatic carbocycles. The van der Waals surface area contributed by atoms with Crippen LogP contribution in [0.5, 0.6) is 0 Å². The van der Waals surface area contributed by atoms with E-state index >= 15 is 0 Å². The lowest BCUT2D eigenvalue weighted by atomic mass is 10.5. The lowest BCUT2D eigenvalue weighted by Gasteiger charge is -2.32. The number of thiol groups is 1. The Labute approximate surface area is 69.6 Å². The van der Waals surface area contributed by atoms with Gasteiger partial charge >= 0.3 is 0 Å². The second kappa shape index (κ2) is 4.38. The van der Waals surface area contributed by atoms with E-state index in [1.165, 1.54) is 0 Å². The molecule has 0 fully saturated rings. The van der Waals surface area contributed by atoms with Crippen molar-refractivity contribution in [3.63, 3.8) is 0 Å². The molecule has 0 aliphatic heterocycles. The molecule has 0 amide bonds. The molecule has 62 valence electrons. The standard InChI is InChI=1S/C6H16O2SSi/c1-5-6(7-2,8-3)10(4)9/h9-10H,5H2,1-4H3. The molecular weight excluding hydrogens is 164 g/mol. The van der Waals surface area contributed by atoms with Crippen molar-refractivity contribution < 1.29 is 9.47 Å². The van der Waals surface area contributed by atoms with Gasteiger partial charge in [-0.1, -0.05) is 13.5 Å². The monoisotopic (exact) mass is 180 g/mol. The van der Waals surface area contributed by atoms with Crippen molar-refractivity contribution in [2.75, 3.05) is 14.2 Å². The normalized spacial score (nSPS) is 15.3. The molecule has 4 heteroatoms. The van der Waals surface area contributed by atoms with Crippen LogP contribution in [0.15, 0.2) is 0 Å². The summed E-state index contributed by atoms with van der Waals surface area (Å²) in [6.45, 7) is 4.15. The van der Waals surface area contributed by atoms with E-state index in [2.05, 4.69) is 18.6 Å². The van der Waals surface area contributed by atoms with E-state index in [0.717, 1.165) is 6.42 Å². The number of rotatable bonds is 4. The maximum absolute atomic E-state index is 5.26. The first kappa shape index (κ1) is 10.5. The Morgan fingerprint density at radius 2 is 1.80 bits per heavy atom. The number of methoxy groups -OCH3 is 2. The highest BCUT2D eigenvalue weighted by molar-refractivity contribution is 8.10. The van der Waals surface area contributed by atoms with Crippen molar-refractivity contribution in [3.8, 4) is 0 Å². The van der Waals surface area contributed by atoms with Crippen molar-refractivity contribution in [1.29, 1.82) is 0 Å². The SMILES string of the molecule is CCC(OC)(OC)[SiH](C)S. The molecule has 0 radical (unpaired) electrons. The van der Waals surface area contributed by atoms with Crippen molar-refractivity contribution in [1.82, 2.24) is 0 Å². The van der Waals surface area contributed by atoms with Gasteiger partial charge in [0.05, 0.1) is 0 Å². The first-order valence-electron chi connectivity index (χ1n) is 3.41. The van der Waals surface area contributed by atoms with Gasteiger partial charge in [-0.05, 0) is 6.42 Å². The van der Waals surface area contributed by atoms with E-state index < -0.39 is 7.95 Å². The van der Waals surface area contributed by atoms with Gasteiger partial charge in [-0.15, -0.1) is 0 Å². The Morgan fingerprint density at radius 1 is 1.40 bits per heavy atom. The average Bonchev–Trinajstić information content (AvgIpc) is 1.92. The fraction of sp³-hybridized carbons (Fsp3) is 1.00. The Hall–Kier alpha value is 0.487. The summed E-state index contributed by atoms with van der Waals surface area (Å²) < 4.78 is 10.5. The van der Waals surface area contributed by atoms with E-state index in [1.807, 2.05) is 6.92 Å². The average molecular weight is 180 g/mol. The zero-order chi connectivity index (χ0) is 8.20. The van der Waals surface area contributed by atoms with Gasteiger partial charge in [-0.3, -0.25) is 0 Å². The first-order chi connectivity index (χ1) is 4.63. The van der Waals surface area contributed by atoms with Crippen LogP contribution in [-0.2, 0) is 9.47 Å². The zero-order valence-corrected chi connectivity index (χ0v) is 9.10. The highest BCUT2D eigenvalue weighted by Crippen LogP contribution is 2.21. The summed E-state index contributed by atoms with van der Waals surface area (Å²) in [5.74, 6) is 0. The topological polar surface area (TPSA) is 18.5 Å². The third-order valence-corrected chi connectivity index (χ3v) is 5.15. The molecule has 0 heterocycles. The third kappa shape index (κ3) is 1.98. The predicted molar refractivity (Wildman–Crippen MR) is 49.0 cm³/mol. The summed E-state index contributed by atoms with van der Waals surface area (Å²) >= 11 is 4.41. The van der Waals surface area contributed by atoms with Crippen LogP contribution < -0.4 is 0 Å². The number of ether oxygens (including phenoxy) is 2. The fourth-order valence-electron chi connectivity index (χ4n) is 1.01. The van der Waals surface area contributed by atoms with Crippen LogP contribution in [-0.4, -0.2) is 27.6 Å². The van der Waals surface area contributed by atoms with Crippen LogP contribution in [0.1, 0.15) is 13.3 Å². The number of hydrogen-bond donors (Lipinski definition) is 1. The van der Waals surface area contributed by atoms with Crippen LogP contribution in [0.25, 0.3) is 0 Å². The second-order valence-corrected chi connectivity index (χ2v) is 6.80. The molecule has 0 saturated carbocycles. The highest BCUT2D eigenvalue weighted by atomic mass is 32.3. The van der Waals surface area contributed by atoms with Crippen LogP contribution in [0.3, 0.4) is 0 Å². The Balaban J connectivity index is 4.15. The van der Waals surface area contributed by atoms with Crippen molar-refractivity contribution in [2.45, 2.75) is 25.3 Å². The summed E-state index contributed by atoms with van der Waals surface area (Å²) in [6.07, 6.45) is 0.872. The molecule has 0 aromatic rings. The summed E-state index contributed by atoms with van der Waals surface area (Å²) in [4.78, 5) is 0. The smallest absolute Gasteiger partial charge is 0.163 e. The van der Waals surface area contributed by atoms with E-state index in [1.54, 1.807) is 14.2 Å². The maximum atomic E-state index is 5.26. The van der Waals surface area contributed by atoms with Gasteiger partial charge in [0.2, 0.25) is 0 Å². The van der Waals surface area contributed by atoms with Crippen molar-refractivity contribution in [3.05, 3.63) is 0 Å². The molecule has 0 aromatic heterocycles. The van der Waals surface area contributed by atoms with Gasteiger partial charge in [0.15, 0.2) is 13.4 Å². The molecule has 0 rings (SSSR count).